The lowest BCUT2D eigenvalue weighted by Gasteiger charge is -2.35. The van der Waals surface area contributed by atoms with E-state index >= 15 is 0 Å². The number of rotatable bonds is 18. The lowest BCUT2D eigenvalue weighted by Crippen LogP contribution is -2.48. The zero-order valence-corrected chi connectivity index (χ0v) is 34.4. The first-order chi connectivity index (χ1) is 27.6. The van der Waals surface area contributed by atoms with Crippen molar-refractivity contribution in [1.82, 2.24) is 14.9 Å². The third-order valence-corrected chi connectivity index (χ3v) is 12.8. The van der Waals surface area contributed by atoms with Gasteiger partial charge in [0.1, 0.15) is 29.4 Å². The van der Waals surface area contributed by atoms with E-state index in [-0.39, 0.29) is 62.4 Å². The van der Waals surface area contributed by atoms with Gasteiger partial charge in [-0.05, 0) is 74.8 Å². The molecular formula is C43H52N4O10S. The number of hydrogen-bond donors (Lipinski definition) is 2. The van der Waals surface area contributed by atoms with Gasteiger partial charge in [0.05, 0.1) is 41.6 Å². The highest BCUT2D eigenvalue weighted by atomic mass is 32.1. The Balaban J connectivity index is 1.19. The number of amides is 1. The van der Waals surface area contributed by atoms with Crippen molar-refractivity contribution in [3.05, 3.63) is 42.3 Å². The predicted molar refractivity (Wildman–Crippen MR) is 215 cm³/mol. The highest BCUT2D eigenvalue weighted by Crippen LogP contribution is 2.57. The molecule has 3 aromatic rings. The van der Waals surface area contributed by atoms with E-state index in [1.807, 2.05) is 40.0 Å². The zero-order chi connectivity index (χ0) is 41.5. The minimum atomic E-state index is -1.27. The summed E-state index contributed by atoms with van der Waals surface area (Å²) in [6, 6.07) is 6.08. The third-order valence-electron chi connectivity index (χ3n) is 12.0. The molecule has 15 heteroatoms. The number of ether oxygens (including phenoxy) is 4. The first-order valence-corrected chi connectivity index (χ1v) is 20.9. The Morgan fingerprint density at radius 3 is 2.48 bits per heavy atom. The minimum absolute atomic E-state index is 0.0242. The number of aromatic nitrogens is 2. The van der Waals surface area contributed by atoms with Crippen LogP contribution in [0.4, 0.5) is 5.13 Å². The van der Waals surface area contributed by atoms with Gasteiger partial charge in [-0.15, -0.1) is 17.9 Å². The molecule has 14 nitrogen and oxygen atoms in total. The molecule has 2 aromatic heterocycles. The van der Waals surface area contributed by atoms with Crippen molar-refractivity contribution in [1.29, 1.82) is 0 Å². The maximum absolute atomic E-state index is 14.8. The molecule has 1 amide bonds. The minimum Gasteiger partial charge on any atom is -0.488 e. The molecular weight excluding hydrogens is 765 g/mol. The van der Waals surface area contributed by atoms with E-state index in [2.05, 4.69) is 11.9 Å². The smallest absolute Gasteiger partial charge is 0.310 e. The molecule has 1 unspecified atom stereocenters. The molecule has 58 heavy (non-hydrogen) atoms. The average molecular weight is 817 g/mol. The number of nitrogens with one attached hydrogen (secondary N) is 1. The second-order valence-electron chi connectivity index (χ2n) is 17.6. The lowest BCUT2D eigenvalue weighted by atomic mass is 9.77. The second-order valence-corrected chi connectivity index (χ2v) is 18.5. The Morgan fingerprint density at radius 2 is 1.83 bits per heavy atom. The number of allylic oxidation sites excluding steroid dienone is 1. The Bertz CT molecular complexity index is 2090. The summed E-state index contributed by atoms with van der Waals surface area (Å²) in [4.78, 5) is 76.7. The molecule has 3 saturated carbocycles. The van der Waals surface area contributed by atoms with E-state index in [1.54, 1.807) is 30.3 Å². The molecule has 3 heterocycles. The number of carboxylic acids is 1. The number of anilines is 1. The lowest BCUT2D eigenvalue weighted by molar-refractivity contribution is -0.157. The number of carboxylic acid groups (broad SMARTS) is 1. The molecule has 8 atom stereocenters. The number of thiazole rings is 1. The van der Waals surface area contributed by atoms with Crippen LogP contribution in [0.15, 0.2) is 42.3 Å². The summed E-state index contributed by atoms with van der Waals surface area (Å²) in [5, 5.41) is 16.7. The van der Waals surface area contributed by atoms with E-state index in [4.69, 9.17) is 28.9 Å². The maximum atomic E-state index is 14.8. The van der Waals surface area contributed by atoms with Gasteiger partial charge >= 0.3 is 11.9 Å². The molecule has 1 aromatic carbocycles. The van der Waals surface area contributed by atoms with Crippen molar-refractivity contribution in [3.63, 3.8) is 0 Å². The van der Waals surface area contributed by atoms with E-state index in [0.29, 0.717) is 58.5 Å². The number of esters is 1. The summed E-state index contributed by atoms with van der Waals surface area (Å²) in [7, 11) is 0. The van der Waals surface area contributed by atoms with Gasteiger partial charge in [0.15, 0.2) is 10.9 Å². The summed E-state index contributed by atoms with van der Waals surface area (Å²) in [5.74, 6) is -1.35. The van der Waals surface area contributed by atoms with Gasteiger partial charge in [0.25, 0.3) is 6.47 Å². The van der Waals surface area contributed by atoms with Crippen LogP contribution in [0.25, 0.3) is 22.3 Å². The SMILES string of the molecule is C=C[C@@H]1C[C@]1(CC(=O)[C@@H]1C[C@@H](Oc2cc(-c3csc(NC(C)C)n3)nc3cc(OCOC=O)ccc23)CN1C(=O)[C@@H](CC(=O)OC1C[C@@H]2C[C@@H]2C1)C(C)(C)C)C(=O)O. The van der Waals surface area contributed by atoms with Crippen LogP contribution >= 0.6 is 11.3 Å². The standard InChI is InChI=1S/C43H52N4O10S/c1-7-26-17-43(26,40(52)53)18-36(49)35-14-29(19-47(35)39(51)31(42(4,5)6)15-38(50)57-28-11-24-10-25(24)12-28)56-37-16-33(34-20-58-41(46-34)44-23(2)3)45-32-13-27(8-9-30(32)37)55-22-54-21-48/h7-9,13,16,20-21,23-26,28-29,31,35H,1,10-12,14-15,17-19,22H2,2-6H3,(H,44,46)(H,52,53)/t24-,25+,26-,28?,29-,31-,35+,43-/m1/s1. The third kappa shape index (κ3) is 8.84. The van der Waals surface area contributed by atoms with Crippen LogP contribution in [0.1, 0.15) is 79.6 Å². The van der Waals surface area contributed by atoms with Crippen LogP contribution in [0.2, 0.25) is 0 Å². The maximum Gasteiger partial charge on any atom is 0.310 e. The van der Waals surface area contributed by atoms with Gasteiger partial charge in [0.2, 0.25) is 12.7 Å². The van der Waals surface area contributed by atoms with Crippen LogP contribution in [-0.4, -0.2) is 87.7 Å². The second kappa shape index (κ2) is 16.3. The first kappa shape index (κ1) is 41.1. The highest BCUT2D eigenvalue weighted by Gasteiger charge is 2.61. The fourth-order valence-corrected chi connectivity index (χ4v) is 9.51. The molecule has 1 aliphatic heterocycles. The van der Waals surface area contributed by atoms with E-state index < -0.39 is 40.8 Å². The summed E-state index contributed by atoms with van der Waals surface area (Å²) in [5.41, 5.74) is -0.336. The molecule has 7 rings (SSSR count). The van der Waals surface area contributed by atoms with Gasteiger partial charge in [0, 0.05) is 41.8 Å². The summed E-state index contributed by atoms with van der Waals surface area (Å²) >= 11 is 1.43. The fourth-order valence-electron chi connectivity index (χ4n) is 8.66. The summed E-state index contributed by atoms with van der Waals surface area (Å²) in [6.07, 6.45) is 3.65. The first-order valence-electron chi connectivity index (χ1n) is 20.0. The number of pyridine rings is 1. The Hall–Kier alpha value is -5.05. The molecule has 0 bridgehead atoms. The van der Waals surface area contributed by atoms with Crippen LogP contribution in [0, 0.1) is 34.5 Å². The Morgan fingerprint density at radius 1 is 1.07 bits per heavy atom. The van der Waals surface area contributed by atoms with Gasteiger partial charge in [-0.3, -0.25) is 24.0 Å². The number of carbonyl (C=O) groups excluding carboxylic acids is 4. The normalized spacial score (nSPS) is 26.4. The zero-order valence-electron chi connectivity index (χ0n) is 33.6. The number of aliphatic carboxylic acids is 1. The van der Waals surface area contributed by atoms with Crippen LogP contribution in [0.5, 0.6) is 11.5 Å². The Labute approximate surface area is 341 Å². The van der Waals surface area contributed by atoms with Crippen molar-refractivity contribution in [2.24, 2.45) is 34.5 Å². The molecule has 4 aliphatic rings. The predicted octanol–water partition coefficient (Wildman–Crippen LogP) is 6.67. The van der Waals surface area contributed by atoms with Crippen molar-refractivity contribution < 1.29 is 48.0 Å². The van der Waals surface area contributed by atoms with Gasteiger partial charge in [-0.25, -0.2) is 9.97 Å². The molecule has 4 fully saturated rings. The summed E-state index contributed by atoms with van der Waals surface area (Å²) < 4.78 is 22.9. The van der Waals surface area contributed by atoms with Gasteiger partial charge in [-0.1, -0.05) is 26.8 Å². The van der Waals surface area contributed by atoms with Crippen molar-refractivity contribution in [3.8, 4) is 22.9 Å². The summed E-state index contributed by atoms with van der Waals surface area (Å²) in [6.45, 7) is 13.5. The van der Waals surface area contributed by atoms with Crippen LogP contribution < -0.4 is 14.8 Å². The number of likely N-dealkylation sites (tertiary alicyclic amines) is 1. The van der Waals surface area contributed by atoms with E-state index in [0.717, 1.165) is 18.0 Å². The largest absolute Gasteiger partial charge is 0.488 e. The molecule has 3 aliphatic carbocycles. The van der Waals surface area contributed by atoms with Gasteiger partial charge < -0.3 is 34.3 Å². The molecule has 310 valence electrons. The highest BCUT2D eigenvalue weighted by molar-refractivity contribution is 7.14. The number of Topliss-reactive ketones (excluding diaryl/α,β-unsaturated/α-hetero) is 1. The number of hydrogen-bond acceptors (Lipinski definition) is 13. The average Bonchev–Trinajstić information content (AvgIpc) is 3.83. The Kier molecular flexibility index (Phi) is 11.6. The van der Waals surface area contributed by atoms with Gasteiger partial charge in [-0.2, -0.15) is 0 Å². The molecule has 1 saturated heterocycles. The fraction of sp³-hybridized carbons (Fsp3) is 0.558. The van der Waals surface area contributed by atoms with Crippen LogP contribution in [0.3, 0.4) is 0 Å². The van der Waals surface area contributed by atoms with E-state index in [9.17, 15) is 29.1 Å². The number of fused-ring (bicyclic) bond motifs is 2. The van der Waals surface area contributed by atoms with E-state index in [1.165, 1.54) is 22.7 Å². The quantitative estimate of drug-likeness (QED) is 0.0457. The van der Waals surface area contributed by atoms with Crippen molar-refractivity contribution in [2.75, 3.05) is 18.7 Å². The number of nitrogens with zero attached hydrogens (tertiary/aromatic N) is 3. The van der Waals surface area contributed by atoms with Crippen molar-refractivity contribution in [2.45, 2.75) is 104 Å². The molecule has 0 radical (unpaired) electrons. The monoisotopic (exact) mass is 816 g/mol. The molecule has 2 N–H and O–H groups in total. The number of ketones is 1. The number of carbonyl (C=O) groups is 5. The van der Waals surface area contributed by atoms with Crippen LogP contribution in [-0.2, 0) is 33.4 Å². The molecule has 0 spiro atoms. The number of benzene rings is 1. The van der Waals surface area contributed by atoms with Crippen molar-refractivity contribution >= 4 is 57.5 Å². The topological polar surface area (TPSA) is 184 Å².